The monoisotopic (exact) mass is 482 g/mol. The summed E-state index contributed by atoms with van der Waals surface area (Å²) in [6.45, 7) is 4.04. The van der Waals surface area contributed by atoms with E-state index < -0.39 is 5.82 Å². The standard InChI is InChI=1S/C24H27FN6O4/c1-15-14-34-8-7-30(15)24(32)16-3-5-17(6-4-16)31-13-21(28-29-31)23(27)18-11-19(25)22(12-20(18)26)35-10-9-33-2/h3-6,11-13,15,27H,7-10,14,26H2,1-2H3/t15-/m0/s1. The van der Waals surface area contributed by atoms with Gasteiger partial charge in [-0.25, -0.2) is 9.07 Å². The van der Waals surface area contributed by atoms with Crippen LogP contribution in [-0.4, -0.2) is 77.6 Å². The lowest BCUT2D eigenvalue weighted by Crippen LogP contribution is -2.47. The van der Waals surface area contributed by atoms with E-state index in [0.29, 0.717) is 37.6 Å². The zero-order valence-electron chi connectivity index (χ0n) is 19.5. The van der Waals surface area contributed by atoms with Crippen LogP contribution in [0.3, 0.4) is 0 Å². The van der Waals surface area contributed by atoms with Gasteiger partial charge in [-0.2, -0.15) is 0 Å². The Hall–Kier alpha value is -3.83. The Balaban J connectivity index is 1.48. The number of nitrogens with two attached hydrogens (primary N) is 1. The van der Waals surface area contributed by atoms with Crippen LogP contribution in [0, 0.1) is 11.2 Å². The van der Waals surface area contributed by atoms with Crippen LogP contribution in [0.5, 0.6) is 5.75 Å². The maximum Gasteiger partial charge on any atom is 0.254 e. The number of rotatable bonds is 8. The second kappa shape index (κ2) is 10.6. The maximum atomic E-state index is 14.5. The molecule has 4 rings (SSSR count). The molecule has 1 aliphatic rings. The van der Waals surface area contributed by atoms with Crippen LogP contribution < -0.4 is 10.5 Å². The van der Waals surface area contributed by atoms with E-state index in [-0.39, 0.29) is 47.0 Å². The van der Waals surface area contributed by atoms with E-state index in [1.807, 2.05) is 6.92 Å². The summed E-state index contributed by atoms with van der Waals surface area (Å²) in [4.78, 5) is 14.6. The van der Waals surface area contributed by atoms with Gasteiger partial charge >= 0.3 is 0 Å². The average Bonchev–Trinajstić information content (AvgIpc) is 3.36. The Morgan fingerprint density at radius 3 is 2.77 bits per heavy atom. The van der Waals surface area contributed by atoms with E-state index >= 15 is 0 Å². The molecule has 3 aromatic rings. The molecule has 0 spiro atoms. The first kappa shape index (κ1) is 24.3. The summed E-state index contributed by atoms with van der Waals surface area (Å²) in [6.07, 6.45) is 1.55. The molecule has 0 unspecified atom stereocenters. The number of aromatic nitrogens is 3. The fraction of sp³-hybridized carbons (Fsp3) is 0.333. The van der Waals surface area contributed by atoms with Crippen LogP contribution >= 0.6 is 0 Å². The number of morpholine rings is 1. The quantitative estimate of drug-likeness (QED) is 0.286. The van der Waals surface area contributed by atoms with Crippen molar-refractivity contribution in [3.05, 3.63) is 65.2 Å². The van der Waals surface area contributed by atoms with Gasteiger partial charge in [0.2, 0.25) is 0 Å². The molecule has 0 saturated carbocycles. The van der Waals surface area contributed by atoms with Gasteiger partial charge in [0, 0.05) is 36.5 Å². The summed E-state index contributed by atoms with van der Waals surface area (Å²) in [5.74, 6) is -0.710. The highest BCUT2D eigenvalue weighted by Crippen LogP contribution is 2.26. The molecule has 10 nitrogen and oxygen atoms in total. The third kappa shape index (κ3) is 5.31. The van der Waals surface area contributed by atoms with Gasteiger partial charge in [-0.05, 0) is 37.3 Å². The van der Waals surface area contributed by atoms with Crippen molar-refractivity contribution in [2.24, 2.45) is 0 Å². The van der Waals surface area contributed by atoms with Crippen LogP contribution in [0.15, 0.2) is 42.6 Å². The van der Waals surface area contributed by atoms with E-state index in [0.717, 1.165) is 6.07 Å². The van der Waals surface area contributed by atoms with Crippen molar-refractivity contribution in [1.82, 2.24) is 19.9 Å². The van der Waals surface area contributed by atoms with Gasteiger partial charge in [0.05, 0.1) is 43.5 Å². The average molecular weight is 483 g/mol. The number of carbonyl (C=O) groups is 1. The predicted octanol–water partition coefficient (Wildman–Crippen LogP) is 2.29. The largest absolute Gasteiger partial charge is 0.488 e. The highest BCUT2D eigenvalue weighted by molar-refractivity contribution is 6.12. The van der Waals surface area contributed by atoms with Crippen LogP contribution in [0.25, 0.3) is 5.69 Å². The number of methoxy groups -OCH3 is 1. The van der Waals surface area contributed by atoms with E-state index in [1.165, 1.54) is 17.9 Å². The van der Waals surface area contributed by atoms with E-state index in [4.69, 9.17) is 25.4 Å². The molecule has 2 heterocycles. The van der Waals surface area contributed by atoms with Crippen molar-refractivity contribution in [3.63, 3.8) is 0 Å². The van der Waals surface area contributed by atoms with Crippen molar-refractivity contribution in [2.45, 2.75) is 13.0 Å². The first-order valence-electron chi connectivity index (χ1n) is 11.1. The number of carbonyl (C=O) groups excluding carboxylic acids is 1. The van der Waals surface area contributed by atoms with E-state index in [1.54, 1.807) is 35.4 Å². The minimum absolute atomic E-state index is 0.0131. The number of hydrogen-bond donors (Lipinski definition) is 2. The molecular weight excluding hydrogens is 455 g/mol. The third-order valence-electron chi connectivity index (χ3n) is 5.68. The fourth-order valence-corrected chi connectivity index (χ4v) is 3.73. The topological polar surface area (TPSA) is 129 Å². The summed E-state index contributed by atoms with van der Waals surface area (Å²) in [5.41, 5.74) is 7.76. The SMILES string of the molecule is COCCOc1cc(N)c(C(=N)c2cn(-c3ccc(C(=O)N4CCOC[C@@H]4C)cc3)nn2)cc1F. The summed E-state index contributed by atoms with van der Waals surface area (Å²) in [6, 6.07) is 9.45. The Labute approximate surface area is 201 Å². The second-order valence-electron chi connectivity index (χ2n) is 8.10. The summed E-state index contributed by atoms with van der Waals surface area (Å²) < 4.78 is 31.5. The number of ether oxygens (including phenoxy) is 3. The summed E-state index contributed by atoms with van der Waals surface area (Å²) in [5, 5.41) is 16.6. The minimum atomic E-state index is -0.641. The van der Waals surface area contributed by atoms with Crippen LogP contribution in [0.4, 0.5) is 10.1 Å². The van der Waals surface area contributed by atoms with Gasteiger partial charge in [-0.15, -0.1) is 5.10 Å². The Kier molecular flexibility index (Phi) is 7.37. The Bertz CT molecular complexity index is 1210. The molecular formula is C24H27FN6O4. The lowest BCUT2D eigenvalue weighted by molar-refractivity contribution is 0.00359. The van der Waals surface area contributed by atoms with Gasteiger partial charge in [0.1, 0.15) is 12.3 Å². The molecule has 1 amide bonds. The number of benzene rings is 2. The lowest BCUT2D eigenvalue weighted by Gasteiger charge is -2.33. The first-order chi connectivity index (χ1) is 16.9. The van der Waals surface area contributed by atoms with Gasteiger partial charge in [-0.1, -0.05) is 5.21 Å². The molecule has 1 saturated heterocycles. The fourth-order valence-electron chi connectivity index (χ4n) is 3.73. The molecule has 1 atom stereocenters. The highest BCUT2D eigenvalue weighted by Gasteiger charge is 2.25. The number of halogens is 1. The van der Waals surface area contributed by atoms with Crippen molar-refractivity contribution >= 4 is 17.3 Å². The number of hydrogen-bond acceptors (Lipinski definition) is 8. The van der Waals surface area contributed by atoms with Gasteiger partial charge < -0.3 is 24.8 Å². The smallest absolute Gasteiger partial charge is 0.254 e. The van der Waals surface area contributed by atoms with Gasteiger partial charge in [0.25, 0.3) is 5.91 Å². The lowest BCUT2D eigenvalue weighted by atomic mass is 10.1. The molecule has 35 heavy (non-hydrogen) atoms. The summed E-state index contributed by atoms with van der Waals surface area (Å²) >= 11 is 0. The Morgan fingerprint density at radius 1 is 1.29 bits per heavy atom. The number of nitrogens with one attached hydrogen (secondary N) is 1. The van der Waals surface area contributed by atoms with E-state index in [9.17, 15) is 9.18 Å². The van der Waals surface area contributed by atoms with Crippen molar-refractivity contribution in [2.75, 3.05) is 45.8 Å². The molecule has 0 aliphatic carbocycles. The van der Waals surface area contributed by atoms with Crippen molar-refractivity contribution < 1.29 is 23.4 Å². The molecule has 184 valence electrons. The number of amides is 1. The Morgan fingerprint density at radius 2 is 2.06 bits per heavy atom. The third-order valence-corrected chi connectivity index (χ3v) is 5.68. The molecule has 0 radical (unpaired) electrons. The minimum Gasteiger partial charge on any atom is -0.488 e. The molecule has 11 heteroatoms. The second-order valence-corrected chi connectivity index (χ2v) is 8.10. The predicted molar refractivity (Wildman–Crippen MR) is 127 cm³/mol. The van der Waals surface area contributed by atoms with Gasteiger partial charge in [0.15, 0.2) is 11.6 Å². The molecule has 3 N–H and O–H groups in total. The number of nitrogen functional groups attached to an aromatic ring is 1. The number of anilines is 1. The molecule has 1 aromatic heterocycles. The van der Waals surface area contributed by atoms with E-state index in [2.05, 4.69) is 10.3 Å². The zero-order chi connectivity index (χ0) is 24.9. The molecule has 2 aromatic carbocycles. The zero-order valence-corrected chi connectivity index (χ0v) is 19.5. The maximum absolute atomic E-state index is 14.5. The number of nitrogens with zero attached hydrogens (tertiary/aromatic N) is 4. The molecule has 1 fully saturated rings. The summed E-state index contributed by atoms with van der Waals surface area (Å²) in [7, 11) is 1.52. The van der Waals surface area contributed by atoms with Crippen molar-refractivity contribution in [3.8, 4) is 11.4 Å². The van der Waals surface area contributed by atoms with Crippen LogP contribution in [-0.2, 0) is 9.47 Å². The molecule has 0 bridgehead atoms. The van der Waals surface area contributed by atoms with Crippen molar-refractivity contribution in [1.29, 1.82) is 5.41 Å². The van der Waals surface area contributed by atoms with Gasteiger partial charge in [-0.3, -0.25) is 10.2 Å². The highest BCUT2D eigenvalue weighted by atomic mass is 19.1. The van der Waals surface area contributed by atoms with Crippen LogP contribution in [0.1, 0.15) is 28.5 Å². The molecule has 1 aliphatic heterocycles. The first-order valence-corrected chi connectivity index (χ1v) is 11.1. The van der Waals surface area contributed by atoms with Crippen LogP contribution in [0.2, 0.25) is 0 Å². The normalized spacial score (nSPS) is 15.7.